The van der Waals surface area contributed by atoms with E-state index in [2.05, 4.69) is 61.4 Å². The molecule has 2 aromatic rings. The van der Waals surface area contributed by atoms with Crippen molar-refractivity contribution in [2.24, 2.45) is 0 Å². The van der Waals surface area contributed by atoms with Gasteiger partial charge in [-0.1, -0.05) is 43.6 Å². The van der Waals surface area contributed by atoms with Gasteiger partial charge in [0.25, 0.3) is 0 Å². The Morgan fingerprint density at radius 1 is 1.19 bits per heavy atom. The molecule has 21 heavy (non-hydrogen) atoms. The molecule has 1 N–H and O–H groups in total. The normalized spacial score (nSPS) is 13.9. The number of aromatic nitrogens is 1. The topological polar surface area (TPSA) is 24.9 Å². The Balaban J connectivity index is 2.36. The molecular weight excluding hydrogens is 280 g/mol. The van der Waals surface area contributed by atoms with E-state index < -0.39 is 0 Å². The van der Waals surface area contributed by atoms with Crippen LogP contribution in [0.5, 0.6) is 0 Å². The zero-order valence-electron chi connectivity index (χ0n) is 12.9. The highest BCUT2D eigenvalue weighted by atomic mass is 35.5. The number of halogens is 1. The van der Waals surface area contributed by atoms with Crippen molar-refractivity contribution in [2.75, 3.05) is 6.54 Å². The van der Waals surface area contributed by atoms with Crippen molar-refractivity contribution in [3.63, 3.8) is 0 Å². The molecule has 1 aromatic heterocycles. The Morgan fingerprint density at radius 2 is 1.90 bits per heavy atom. The van der Waals surface area contributed by atoms with Crippen molar-refractivity contribution in [3.8, 4) is 0 Å². The van der Waals surface area contributed by atoms with E-state index in [0.717, 1.165) is 23.6 Å². The summed E-state index contributed by atoms with van der Waals surface area (Å²) in [5.41, 5.74) is 3.57. The fraction of sp³-hybridized carbons (Fsp3) is 0.389. The number of nitrogens with one attached hydrogen (secondary N) is 1. The lowest BCUT2D eigenvalue weighted by molar-refractivity contribution is 0.466. The molecule has 2 nitrogen and oxygen atoms in total. The van der Waals surface area contributed by atoms with Crippen LogP contribution in [0.4, 0.5) is 0 Å². The molecule has 0 fully saturated rings. The van der Waals surface area contributed by atoms with Crippen molar-refractivity contribution in [2.45, 2.75) is 39.2 Å². The van der Waals surface area contributed by atoms with Crippen LogP contribution in [0.2, 0.25) is 5.02 Å². The minimum atomic E-state index is 0.208. The van der Waals surface area contributed by atoms with Gasteiger partial charge in [0.15, 0.2) is 0 Å². The van der Waals surface area contributed by atoms with Crippen molar-refractivity contribution in [1.29, 1.82) is 0 Å². The van der Waals surface area contributed by atoms with Crippen molar-refractivity contribution in [1.82, 2.24) is 10.3 Å². The molecule has 0 aliphatic rings. The van der Waals surface area contributed by atoms with Gasteiger partial charge in [-0.05, 0) is 48.7 Å². The minimum absolute atomic E-state index is 0.208. The first-order chi connectivity index (χ1) is 10.1. The second-order valence-corrected chi connectivity index (χ2v) is 5.86. The summed E-state index contributed by atoms with van der Waals surface area (Å²) in [5, 5.41) is 4.51. The van der Waals surface area contributed by atoms with Crippen LogP contribution in [0.1, 0.15) is 48.9 Å². The van der Waals surface area contributed by atoms with E-state index >= 15 is 0 Å². The molecule has 2 atom stereocenters. The molecule has 0 aliphatic heterocycles. The van der Waals surface area contributed by atoms with Crippen LogP contribution >= 0.6 is 11.6 Å². The average molecular weight is 303 g/mol. The number of hydrogen-bond acceptors (Lipinski definition) is 2. The first kappa shape index (κ1) is 16.0. The quantitative estimate of drug-likeness (QED) is 0.822. The lowest BCUT2D eigenvalue weighted by atomic mass is 9.88. The molecule has 0 saturated heterocycles. The summed E-state index contributed by atoms with van der Waals surface area (Å²) in [7, 11) is 0. The maximum absolute atomic E-state index is 6.55. The molecule has 0 spiro atoms. The monoisotopic (exact) mass is 302 g/mol. The highest BCUT2D eigenvalue weighted by molar-refractivity contribution is 6.32. The van der Waals surface area contributed by atoms with E-state index in [4.69, 9.17) is 11.6 Å². The Labute approximate surface area is 132 Å². The summed E-state index contributed by atoms with van der Waals surface area (Å²) in [6.45, 7) is 7.45. The third-order valence-corrected chi connectivity index (χ3v) is 4.42. The van der Waals surface area contributed by atoms with Gasteiger partial charge in [0.1, 0.15) is 0 Å². The van der Waals surface area contributed by atoms with Crippen molar-refractivity contribution >= 4 is 11.6 Å². The van der Waals surface area contributed by atoms with Crippen LogP contribution in [0.25, 0.3) is 0 Å². The average Bonchev–Trinajstić information content (AvgIpc) is 2.52. The number of nitrogens with zero attached hydrogens (tertiary/aromatic N) is 1. The lowest BCUT2D eigenvalue weighted by Gasteiger charge is -2.27. The molecule has 0 saturated carbocycles. The molecule has 1 aromatic carbocycles. The third-order valence-electron chi connectivity index (χ3n) is 3.90. The summed E-state index contributed by atoms with van der Waals surface area (Å²) in [5.74, 6) is 0.332. The zero-order chi connectivity index (χ0) is 15.2. The predicted octanol–water partition coefficient (Wildman–Crippen LogP) is 4.89. The van der Waals surface area contributed by atoms with Gasteiger partial charge in [-0.25, -0.2) is 0 Å². The second-order valence-electron chi connectivity index (χ2n) is 5.48. The largest absolute Gasteiger partial charge is 0.309 e. The maximum Gasteiger partial charge on any atom is 0.0483 e. The van der Waals surface area contributed by atoms with Crippen molar-refractivity contribution in [3.05, 3.63) is 64.4 Å². The van der Waals surface area contributed by atoms with Gasteiger partial charge in [-0.3, -0.25) is 4.98 Å². The standard InChI is InChI=1S/C18H23ClN2/c1-4-10-21-18(14(3)15-8-11-20-12-9-15)16-7-5-6-13(2)17(16)19/h5-9,11-12,14,18,21H,4,10H2,1-3H3. The number of benzene rings is 1. The summed E-state index contributed by atoms with van der Waals surface area (Å²) < 4.78 is 0. The van der Waals surface area contributed by atoms with Gasteiger partial charge in [-0.15, -0.1) is 0 Å². The fourth-order valence-electron chi connectivity index (χ4n) is 2.63. The highest BCUT2D eigenvalue weighted by Crippen LogP contribution is 2.35. The summed E-state index contributed by atoms with van der Waals surface area (Å²) in [6.07, 6.45) is 4.80. The fourth-order valence-corrected chi connectivity index (χ4v) is 2.87. The number of rotatable bonds is 6. The molecule has 2 rings (SSSR count). The van der Waals surface area contributed by atoms with Crippen LogP contribution < -0.4 is 5.32 Å². The highest BCUT2D eigenvalue weighted by Gasteiger charge is 2.22. The van der Waals surface area contributed by atoms with E-state index in [-0.39, 0.29) is 6.04 Å². The smallest absolute Gasteiger partial charge is 0.0483 e. The molecule has 3 heteroatoms. The van der Waals surface area contributed by atoms with Crippen LogP contribution in [0.3, 0.4) is 0 Å². The number of aryl methyl sites for hydroxylation is 1. The Kier molecular flexibility index (Phi) is 5.77. The van der Waals surface area contributed by atoms with E-state index in [1.807, 2.05) is 12.4 Å². The number of hydrogen-bond donors (Lipinski definition) is 1. The molecule has 112 valence electrons. The lowest BCUT2D eigenvalue weighted by Crippen LogP contribution is -2.27. The molecule has 0 radical (unpaired) electrons. The summed E-state index contributed by atoms with van der Waals surface area (Å²) >= 11 is 6.55. The van der Waals surface area contributed by atoms with Crippen LogP contribution in [0.15, 0.2) is 42.7 Å². The van der Waals surface area contributed by atoms with E-state index in [1.54, 1.807) is 0 Å². The first-order valence-electron chi connectivity index (χ1n) is 7.53. The number of pyridine rings is 1. The van der Waals surface area contributed by atoms with Gasteiger partial charge in [0, 0.05) is 29.4 Å². The summed E-state index contributed by atoms with van der Waals surface area (Å²) in [6, 6.07) is 10.6. The van der Waals surface area contributed by atoms with Gasteiger partial charge in [-0.2, -0.15) is 0 Å². The van der Waals surface area contributed by atoms with E-state index in [1.165, 1.54) is 11.1 Å². The van der Waals surface area contributed by atoms with Crippen LogP contribution in [0, 0.1) is 6.92 Å². The minimum Gasteiger partial charge on any atom is -0.309 e. The van der Waals surface area contributed by atoms with Crippen LogP contribution in [-0.2, 0) is 0 Å². The van der Waals surface area contributed by atoms with Gasteiger partial charge >= 0.3 is 0 Å². The third kappa shape index (κ3) is 3.84. The SMILES string of the molecule is CCCNC(c1cccc(C)c1Cl)C(C)c1ccncc1. The Hall–Kier alpha value is -1.38. The first-order valence-corrected chi connectivity index (χ1v) is 7.91. The van der Waals surface area contributed by atoms with E-state index in [9.17, 15) is 0 Å². The van der Waals surface area contributed by atoms with Crippen molar-refractivity contribution < 1.29 is 0 Å². The Bertz CT molecular complexity index is 569. The second kappa shape index (κ2) is 7.58. The van der Waals surface area contributed by atoms with Crippen LogP contribution in [-0.4, -0.2) is 11.5 Å². The molecule has 0 amide bonds. The van der Waals surface area contributed by atoms with Gasteiger partial charge in [0.2, 0.25) is 0 Å². The summed E-state index contributed by atoms with van der Waals surface area (Å²) in [4.78, 5) is 4.11. The molecule has 0 bridgehead atoms. The maximum atomic E-state index is 6.55. The Morgan fingerprint density at radius 3 is 2.57 bits per heavy atom. The molecule has 0 aliphatic carbocycles. The molecular formula is C18H23ClN2. The van der Waals surface area contributed by atoms with Gasteiger partial charge < -0.3 is 5.32 Å². The predicted molar refractivity (Wildman–Crippen MR) is 89.9 cm³/mol. The zero-order valence-corrected chi connectivity index (χ0v) is 13.7. The van der Waals surface area contributed by atoms with E-state index in [0.29, 0.717) is 5.92 Å². The molecule has 2 unspecified atom stereocenters. The molecule has 1 heterocycles. The van der Waals surface area contributed by atoms with Gasteiger partial charge in [0.05, 0.1) is 0 Å².